The Labute approximate surface area is 216 Å². The SMILES string of the molecule is COC(=O)C1CC2N(Cc3ccc4c(OC5CCC(C(C)(C)C)CC5)cccc4c3)C3CCCC32C1. The van der Waals surface area contributed by atoms with Crippen LogP contribution in [0.15, 0.2) is 36.4 Å². The van der Waals surface area contributed by atoms with Crippen molar-refractivity contribution >= 4 is 16.7 Å². The van der Waals surface area contributed by atoms with Gasteiger partial charge in [-0.3, -0.25) is 9.69 Å². The molecule has 4 nitrogen and oxygen atoms in total. The zero-order valence-corrected chi connectivity index (χ0v) is 22.6. The van der Waals surface area contributed by atoms with Crippen molar-refractivity contribution in [1.82, 2.24) is 4.90 Å². The number of esters is 1. The van der Waals surface area contributed by atoms with Crippen LogP contribution in [-0.2, 0) is 16.1 Å². The Morgan fingerprint density at radius 1 is 1.06 bits per heavy atom. The molecule has 0 bridgehead atoms. The molecule has 36 heavy (non-hydrogen) atoms. The number of likely N-dealkylation sites (tertiary alicyclic amines) is 1. The summed E-state index contributed by atoms with van der Waals surface area (Å²) >= 11 is 0. The second-order valence-corrected chi connectivity index (χ2v) is 13.3. The van der Waals surface area contributed by atoms with E-state index in [0.717, 1.165) is 43.9 Å². The topological polar surface area (TPSA) is 38.8 Å². The minimum absolute atomic E-state index is 0.00509. The van der Waals surface area contributed by atoms with Crippen molar-refractivity contribution in [3.63, 3.8) is 0 Å². The maximum atomic E-state index is 12.3. The standard InChI is InChI=1S/C32H43NO3/c1-31(2,3)24-11-13-25(14-12-24)36-27-8-5-7-22-17-21(10-15-26(22)27)20-33-28-9-6-16-32(28)19-23(18-29(32)33)30(34)35-4/h5,7-8,10,15,17,23-25,28-29H,6,9,11-14,16,18-20H2,1-4H3. The Hall–Kier alpha value is -2.07. The van der Waals surface area contributed by atoms with E-state index in [1.54, 1.807) is 0 Å². The predicted molar refractivity (Wildman–Crippen MR) is 144 cm³/mol. The fourth-order valence-corrected chi connectivity index (χ4v) is 8.49. The number of ether oxygens (including phenoxy) is 2. The first-order valence-electron chi connectivity index (χ1n) is 14.3. The molecule has 4 heteroatoms. The lowest BCUT2D eigenvalue weighted by atomic mass is 9.68. The normalized spacial score (nSPS) is 34.2. The van der Waals surface area contributed by atoms with E-state index in [9.17, 15) is 4.79 Å². The largest absolute Gasteiger partial charge is 0.490 e. The number of benzene rings is 2. The molecule has 3 saturated carbocycles. The Morgan fingerprint density at radius 3 is 2.61 bits per heavy atom. The summed E-state index contributed by atoms with van der Waals surface area (Å²) in [5, 5.41) is 2.50. The molecule has 4 atom stereocenters. The molecule has 0 radical (unpaired) electrons. The van der Waals surface area contributed by atoms with Crippen LogP contribution in [-0.4, -0.2) is 36.2 Å². The molecule has 0 N–H and O–H groups in total. The van der Waals surface area contributed by atoms with E-state index in [1.807, 2.05) is 0 Å². The van der Waals surface area contributed by atoms with Gasteiger partial charge in [0.15, 0.2) is 0 Å². The molecule has 0 aromatic heterocycles. The number of fused-ring (bicyclic) bond motifs is 1. The third-order valence-corrected chi connectivity index (χ3v) is 10.4. The van der Waals surface area contributed by atoms with Crippen molar-refractivity contribution in [3.05, 3.63) is 42.0 Å². The van der Waals surface area contributed by atoms with Crippen LogP contribution in [0.25, 0.3) is 10.8 Å². The number of rotatable bonds is 5. The first-order valence-corrected chi connectivity index (χ1v) is 14.3. The van der Waals surface area contributed by atoms with Crippen molar-refractivity contribution in [3.8, 4) is 5.75 Å². The van der Waals surface area contributed by atoms with E-state index in [1.165, 1.54) is 55.5 Å². The number of carbonyl (C=O) groups excluding carboxylic acids is 1. The van der Waals surface area contributed by atoms with Crippen molar-refractivity contribution in [1.29, 1.82) is 0 Å². The highest BCUT2D eigenvalue weighted by atomic mass is 16.5. The van der Waals surface area contributed by atoms with Crippen molar-refractivity contribution in [2.75, 3.05) is 7.11 Å². The van der Waals surface area contributed by atoms with Crippen LogP contribution in [0.1, 0.15) is 84.1 Å². The zero-order chi connectivity index (χ0) is 25.1. The van der Waals surface area contributed by atoms with Crippen LogP contribution >= 0.6 is 0 Å². The fourth-order valence-electron chi connectivity index (χ4n) is 8.49. The zero-order valence-electron chi connectivity index (χ0n) is 22.6. The lowest BCUT2D eigenvalue weighted by Gasteiger charge is -2.58. The summed E-state index contributed by atoms with van der Waals surface area (Å²) in [7, 11) is 1.54. The maximum Gasteiger partial charge on any atom is 0.308 e. The summed E-state index contributed by atoms with van der Waals surface area (Å²) in [6, 6.07) is 14.6. The molecule has 194 valence electrons. The molecule has 4 aliphatic rings. The first kappa shape index (κ1) is 24.3. The van der Waals surface area contributed by atoms with Gasteiger partial charge in [0, 0.05) is 29.4 Å². The Kier molecular flexibility index (Phi) is 6.10. The van der Waals surface area contributed by atoms with Gasteiger partial charge in [0.1, 0.15) is 5.75 Å². The maximum absolute atomic E-state index is 12.3. The summed E-state index contributed by atoms with van der Waals surface area (Å²) in [5.74, 6) is 1.92. The van der Waals surface area contributed by atoms with E-state index in [0.29, 0.717) is 29.0 Å². The molecule has 4 fully saturated rings. The molecule has 2 aromatic carbocycles. The van der Waals surface area contributed by atoms with E-state index >= 15 is 0 Å². The molecular weight excluding hydrogens is 446 g/mol. The molecule has 1 spiro atoms. The van der Waals surface area contributed by atoms with Gasteiger partial charge in [-0.25, -0.2) is 0 Å². The average molecular weight is 490 g/mol. The minimum atomic E-state index is -0.00509. The second kappa shape index (κ2) is 9.04. The van der Waals surface area contributed by atoms with Crippen LogP contribution in [0.3, 0.4) is 0 Å². The fraction of sp³-hybridized carbons (Fsp3) is 0.656. The monoisotopic (exact) mass is 489 g/mol. The van der Waals surface area contributed by atoms with Gasteiger partial charge < -0.3 is 9.47 Å². The van der Waals surface area contributed by atoms with Gasteiger partial charge in [0.2, 0.25) is 0 Å². The molecule has 3 aliphatic carbocycles. The summed E-state index contributed by atoms with van der Waals surface area (Å²) in [5.41, 5.74) is 2.13. The highest BCUT2D eigenvalue weighted by Gasteiger charge is 2.66. The number of carbonyl (C=O) groups is 1. The number of nitrogens with zero attached hydrogens (tertiary/aromatic N) is 1. The average Bonchev–Trinajstić information content (AvgIpc) is 3.40. The lowest BCUT2D eigenvalue weighted by Crippen LogP contribution is -2.66. The smallest absolute Gasteiger partial charge is 0.308 e. The van der Waals surface area contributed by atoms with Gasteiger partial charge in [0.25, 0.3) is 0 Å². The molecule has 6 rings (SSSR count). The van der Waals surface area contributed by atoms with Crippen molar-refractivity contribution in [2.24, 2.45) is 22.7 Å². The van der Waals surface area contributed by atoms with Crippen LogP contribution in [0, 0.1) is 22.7 Å². The molecule has 1 aliphatic heterocycles. The van der Waals surface area contributed by atoms with Gasteiger partial charge in [0.05, 0.1) is 19.1 Å². The molecule has 4 unspecified atom stereocenters. The number of methoxy groups -OCH3 is 1. The summed E-state index contributed by atoms with van der Waals surface area (Å²) in [4.78, 5) is 15.0. The molecule has 1 saturated heterocycles. The van der Waals surface area contributed by atoms with Gasteiger partial charge in [-0.15, -0.1) is 0 Å². The van der Waals surface area contributed by atoms with Crippen LogP contribution in [0.2, 0.25) is 0 Å². The summed E-state index contributed by atoms with van der Waals surface area (Å²) < 4.78 is 11.7. The van der Waals surface area contributed by atoms with Gasteiger partial charge in [-0.2, -0.15) is 0 Å². The van der Waals surface area contributed by atoms with Crippen molar-refractivity contribution in [2.45, 2.75) is 103 Å². The Balaban J connectivity index is 1.15. The summed E-state index contributed by atoms with van der Waals surface area (Å²) in [6.45, 7) is 8.09. The highest BCUT2D eigenvalue weighted by Crippen LogP contribution is 2.64. The highest BCUT2D eigenvalue weighted by molar-refractivity contribution is 5.88. The number of hydrogen-bond donors (Lipinski definition) is 0. The van der Waals surface area contributed by atoms with Gasteiger partial charge in [-0.1, -0.05) is 51.5 Å². The van der Waals surface area contributed by atoms with Crippen LogP contribution in [0.4, 0.5) is 0 Å². The third-order valence-electron chi connectivity index (χ3n) is 10.4. The Bertz CT molecular complexity index is 1130. The quantitative estimate of drug-likeness (QED) is 0.419. The first-order chi connectivity index (χ1) is 17.3. The molecular formula is C32H43NO3. The van der Waals surface area contributed by atoms with Crippen LogP contribution < -0.4 is 4.74 Å². The van der Waals surface area contributed by atoms with E-state index in [4.69, 9.17) is 9.47 Å². The van der Waals surface area contributed by atoms with Crippen molar-refractivity contribution < 1.29 is 14.3 Å². The Morgan fingerprint density at radius 2 is 1.86 bits per heavy atom. The second-order valence-electron chi connectivity index (χ2n) is 13.3. The van der Waals surface area contributed by atoms with E-state index in [-0.39, 0.29) is 11.9 Å². The van der Waals surface area contributed by atoms with Gasteiger partial charge in [-0.05, 0) is 85.8 Å². The third kappa shape index (κ3) is 4.04. The molecule has 2 aromatic rings. The summed E-state index contributed by atoms with van der Waals surface area (Å²) in [6.07, 6.45) is 11.0. The lowest BCUT2D eigenvalue weighted by molar-refractivity contribution is -0.145. The minimum Gasteiger partial charge on any atom is -0.490 e. The van der Waals surface area contributed by atoms with E-state index < -0.39 is 0 Å². The predicted octanol–water partition coefficient (Wildman–Crippen LogP) is 7.13. The molecule has 0 amide bonds. The van der Waals surface area contributed by atoms with Crippen LogP contribution in [0.5, 0.6) is 5.75 Å². The molecule has 1 heterocycles. The number of hydrogen-bond acceptors (Lipinski definition) is 4. The van der Waals surface area contributed by atoms with E-state index in [2.05, 4.69) is 62.1 Å². The van der Waals surface area contributed by atoms with Gasteiger partial charge >= 0.3 is 5.97 Å².